The van der Waals surface area contributed by atoms with Crippen molar-refractivity contribution < 1.29 is 13.9 Å². The molecule has 0 aliphatic heterocycles. The normalized spacial score (nSPS) is 28.9. The first kappa shape index (κ1) is 13.4. The van der Waals surface area contributed by atoms with Gasteiger partial charge >= 0.3 is 0 Å². The van der Waals surface area contributed by atoms with E-state index in [1.807, 2.05) is 0 Å². The number of aliphatic hydroxyl groups is 1. The average Bonchev–Trinajstić information content (AvgIpc) is 2.74. The number of halogens is 2. The molecule has 1 aliphatic carbocycles. The van der Waals surface area contributed by atoms with Crippen molar-refractivity contribution in [3.8, 4) is 0 Å². The number of hydrogen-bond acceptors (Lipinski definition) is 3. The maximum Gasteiger partial charge on any atom is 0.282 e. The van der Waals surface area contributed by atoms with Crippen molar-refractivity contribution in [1.82, 2.24) is 9.78 Å². The van der Waals surface area contributed by atoms with Crippen molar-refractivity contribution in [3.63, 3.8) is 0 Å². The molecule has 3 N–H and O–H groups in total. The van der Waals surface area contributed by atoms with Gasteiger partial charge in [-0.15, -0.1) is 0 Å². The molecule has 0 bridgehead atoms. The van der Waals surface area contributed by atoms with Crippen LogP contribution in [0.5, 0.6) is 0 Å². The van der Waals surface area contributed by atoms with E-state index in [0.717, 1.165) is 0 Å². The highest BCUT2D eigenvalue weighted by molar-refractivity contribution is 5.30. The molecular formula is C12H19F2N3O. The topological polar surface area (TPSA) is 64.1 Å². The van der Waals surface area contributed by atoms with Crippen molar-refractivity contribution in [1.29, 1.82) is 0 Å². The third kappa shape index (κ3) is 2.27. The van der Waals surface area contributed by atoms with Crippen LogP contribution in [0.3, 0.4) is 0 Å². The third-order valence-corrected chi connectivity index (χ3v) is 3.94. The average molecular weight is 259 g/mol. The Balaban J connectivity index is 2.38. The minimum atomic E-state index is -2.59. The van der Waals surface area contributed by atoms with Crippen molar-refractivity contribution in [2.24, 2.45) is 12.8 Å². The lowest BCUT2D eigenvalue weighted by Gasteiger charge is -2.38. The smallest absolute Gasteiger partial charge is 0.282 e. The minimum Gasteiger partial charge on any atom is -0.393 e. The third-order valence-electron chi connectivity index (χ3n) is 3.94. The van der Waals surface area contributed by atoms with Gasteiger partial charge in [0, 0.05) is 30.8 Å². The summed E-state index contributed by atoms with van der Waals surface area (Å²) in [7, 11) is 1.64. The van der Waals surface area contributed by atoms with E-state index < -0.39 is 11.8 Å². The molecule has 1 heterocycles. The van der Waals surface area contributed by atoms with Gasteiger partial charge in [0.1, 0.15) is 5.69 Å². The van der Waals surface area contributed by atoms with Gasteiger partial charge in [-0.25, -0.2) is 8.78 Å². The van der Waals surface area contributed by atoms with Gasteiger partial charge in [-0.3, -0.25) is 4.68 Å². The predicted octanol–water partition coefficient (Wildman–Crippen LogP) is 1.49. The first-order valence-electron chi connectivity index (χ1n) is 6.19. The van der Waals surface area contributed by atoms with E-state index in [1.54, 1.807) is 13.2 Å². The molecule has 0 saturated heterocycles. The lowest BCUT2D eigenvalue weighted by atomic mass is 9.69. The van der Waals surface area contributed by atoms with E-state index in [0.29, 0.717) is 37.8 Å². The molecule has 0 radical (unpaired) electrons. The van der Waals surface area contributed by atoms with E-state index in [2.05, 4.69) is 5.10 Å². The van der Waals surface area contributed by atoms with Crippen LogP contribution in [-0.4, -0.2) is 27.5 Å². The van der Waals surface area contributed by atoms with Crippen molar-refractivity contribution in [2.45, 2.75) is 43.6 Å². The highest BCUT2D eigenvalue weighted by Crippen LogP contribution is 2.41. The fourth-order valence-electron chi connectivity index (χ4n) is 2.81. The first-order chi connectivity index (χ1) is 8.48. The molecule has 1 aliphatic rings. The summed E-state index contributed by atoms with van der Waals surface area (Å²) in [6.07, 6.45) is 1.20. The molecule has 1 fully saturated rings. The van der Waals surface area contributed by atoms with Gasteiger partial charge in [0.15, 0.2) is 0 Å². The van der Waals surface area contributed by atoms with Crippen LogP contribution in [0.25, 0.3) is 0 Å². The fraction of sp³-hybridized carbons (Fsp3) is 0.750. The molecule has 102 valence electrons. The van der Waals surface area contributed by atoms with Crippen LogP contribution in [0.1, 0.15) is 43.4 Å². The fourth-order valence-corrected chi connectivity index (χ4v) is 2.81. The largest absolute Gasteiger partial charge is 0.393 e. The molecule has 1 saturated carbocycles. The zero-order valence-corrected chi connectivity index (χ0v) is 10.4. The molecule has 1 aromatic heterocycles. The van der Waals surface area contributed by atoms with Crippen LogP contribution in [0.15, 0.2) is 6.20 Å². The number of nitrogens with zero attached hydrogens (tertiary/aromatic N) is 2. The summed E-state index contributed by atoms with van der Waals surface area (Å²) >= 11 is 0. The second-order valence-electron chi connectivity index (χ2n) is 5.12. The second kappa shape index (κ2) is 4.93. The van der Waals surface area contributed by atoms with Crippen LogP contribution >= 0.6 is 0 Å². The van der Waals surface area contributed by atoms with Crippen molar-refractivity contribution in [3.05, 3.63) is 17.5 Å². The number of aryl methyl sites for hydroxylation is 1. The summed E-state index contributed by atoms with van der Waals surface area (Å²) in [6.45, 7) is 0.311. The number of hydrogen-bond donors (Lipinski definition) is 2. The van der Waals surface area contributed by atoms with Gasteiger partial charge < -0.3 is 10.8 Å². The molecule has 0 aromatic carbocycles. The van der Waals surface area contributed by atoms with Crippen LogP contribution in [0.2, 0.25) is 0 Å². The number of nitrogens with two attached hydrogens (primary N) is 1. The highest BCUT2D eigenvalue weighted by atomic mass is 19.3. The molecule has 1 aromatic rings. The quantitative estimate of drug-likeness (QED) is 0.864. The number of aromatic nitrogens is 2. The van der Waals surface area contributed by atoms with Gasteiger partial charge in [0.2, 0.25) is 0 Å². The highest BCUT2D eigenvalue weighted by Gasteiger charge is 2.39. The summed E-state index contributed by atoms with van der Waals surface area (Å²) in [5.74, 6) is 0. The van der Waals surface area contributed by atoms with E-state index in [4.69, 9.17) is 5.73 Å². The van der Waals surface area contributed by atoms with Gasteiger partial charge in [-0.1, -0.05) is 0 Å². The van der Waals surface area contributed by atoms with Crippen LogP contribution < -0.4 is 5.73 Å². The lowest BCUT2D eigenvalue weighted by Crippen LogP contribution is -2.40. The number of aliphatic hydroxyl groups excluding tert-OH is 1. The van der Waals surface area contributed by atoms with Gasteiger partial charge in [-0.2, -0.15) is 5.10 Å². The van der Waals surface area contributed by atoms with E-state index in [-0.39, 0.29) is 11.8 Å². The van der Waals surface area contributed by atoms with E-state index in [9.17, 15) is 13.9 Å². The Labute approximate surface area is 105 Å². The Kier molecular flexibility index (Phi) is 3.68. The van der Waals surface area contributed by atoms with E-state index >= 15 is 0 Å². The monoisotopic (exact) mass is 259 g/mol. The van der Waals surface area contributed by atoms with Gasteiger partial charge in [-0.05, 0) is 25.7 Å². The van der Waals surface area contributed by atoms with Crippen LogP contribution in [0, 0.1) is 0 Å². The maximum atomic E-state index is 13.0. The van der Waals surface area contributed by atoms with Crippen LogP contribution in [0.4, 0.5) is 8.78 Å². The number of alkyl halides is 2. The Hall–Kier alpha value is -1.01. The molecule has 2 rings (SSSR count). The molecule has 0 spiro atoms. The van der Waals surface area contributed by atoms with Gasteiger partial charge in [0.05, 0.1) is 6.10 Å². The standard InChI is InChI=1S/C12H19F2N3O/c1-17-6-9(10(16-17)11(13)14)12(7-15)4-2-8(18)3-5-12/h6,8,11,18H,2-5,7,15H2,1H3. The lowest BCUT2D eigenvalue weighted by molar-refractivity contribution is 0.0941. The molecule has 6 heteroatoms. The summed E-state index contributed by atoms with van der Waals surface area (Å²) < 4.78 is 27.4. The number of rotatable bonds is 3. The minimum absolute atomic E-state index is 0.167. The van der Waals surface area contributed by atoms with Crippen LogP contribution in [-0.2, 0) is 12.5 Å². The zero-order valence-electron chi connectivity index (χ0n) is 10.4. The second-order valence-corrected chi connectivity index (χ2v) is 5.12. The SMILES string of the molecule is Cn1cc(C2(CN)CCC(O)CC2)c(C(F)F)n1. The summed E-state index contributed by atoms with van der Waals surface area (Å²) in [5.41, 5.74) is 5.75. The Morgan fingerprint density at radius 2 is 2.17 bits per heavy atom. The molecule has 4 nitrogen and oxygen atoms in total. The summed E-state index contributed by atoms with van der Waals surface area (Å²) in [4.78, 5) is 0. The maximum absolute atomic E-state index is 13.0. The Morgan fingerprint density at radius 3 is 2.67 bits per heavy atom. The summed E-state index contributed by atoms with van der Waals surface area (Å²) in [5, 5.41) is 13.4. The molecule has 0 atom stereocenters. The van der Waals surface area contributed by atoms with Gasteiger partial charge in [0.25, 0.3) is 6.43 Å². The van der Waals surface area contributed by atoms with Crippen molar-refractivity contribution in [2.75, 3.05) is 6.54 Å². The zero-order chi connectivity index (χ0) is 13.3. The molecular weight excluding hydrogens is 240 g/mol. The first-order valence-corrected chi connectivity index (χ1v) is 6.19. The predicted molar refractivity (Wildman–Crippen MR) is 63.4 cm³/mol. The molecule has 18 heavy (non-hydrogen) atoms. The molecule has 0 amide bonds. The van der Waals surface area contributed by atoms with Crippen molar-refractivity contribution >= 4 is 0 Å². The van der Waals surface area contributed by atoms with E-state index in [1.165, 1.54) is 4.68 Å². The Bertz CT molecular complexity index is 411. The summed E-state index contributed by atoms with van der Waals surface area (Å²) in [6, 6.07) is 0. The Morgan fingerprint density at radius 1 is 1.56 bits per heavy atom. The molecule has 0 unspecified atom stereocenters.